The molecule has 0 bridgehead atoms. The largest absolute Gasteiger partial charge is 0.462 e. The second-order valence-corrected chi connectivity index (χ2v) is 19.2. The van der Waals surface area contributed by atoms with Crippen molar-refractivity contribution in [3.63, 3.8) is 0 Å². The lowest BCUT2D eigenvalue weighted by Crippen LogP contribution is -2.30. The number of esters is 3. The Morgan fingerprint density at radius 2 is 0.574 bits per heavy atom. The zero-order valence-corrected chi connectivity index (χ0v) is 44.9. The third kappa shape index (κ3) is 53.8. The third-order valence-electron chi connectivity index (χ3n) is 12.5. The Bertz CT molecular complexity index is 1270. The molecule has 0 heterocycles. The predicted molar refractivity (Wildman–Crippen MR) is 293 cm³/mol. The summed E-state index contributed by atoms with van der Waals surface area (Å²) in [5.74, 6) is -0.872. The van der Waals surface area contributed by atoms with E-state index in [2.05, 4.69) is 93.7 Å². The van der Waals surface area contributed by atoms with E-state index in [9.17, 15) is 14.4 Å². The van der Waals surface area contributed by atoms with Gasteiger partial charge in [0.05, 0.1) is 0 Å². The summed E-state index contributed by atoms with van der Waals surface area (Å²) in [6.07, 6.45) is 72.2. The molecule has 0 aliphatic carbocycles. The van der Waals surface area contributed by atoms with Crippen LogP contribution >= 0.6 is 0 Å². The van der Waals surface area contributed by atoms with Crippen LogP contribution in [0.3, 0.4) is 0 Å². The van der Waals surface area contributed by atoms with E-state index in [1.165, 1.54) is 148 Å². The molecule has 0 aliphatic heterocycles. The average molecular weight is 950 g/mol. The standard InChI is InChI=1S/C62H108O6/c1-4-7-10-13-16-18-20-21-22-23-24-25-26-27-28-29-30-31-32-33-34-35-36-37-38-39-40-41-42-44-46-49-52-55-61(64)67-58-59(57-66-60(63)54-51-48-45-15-12-9-6-3)68-62(65)56-53-50-47-43-19-17-14-11-8-5-2/h7,10,16,18,21-22,24-25,27-28,30-31,59H,4-6,8-9,11-15,17,19-20,23,26,29,32-58H2,1-3H3/b10-7-,18-16-,22-21-,25-24-,28-27-,31-30-. The van der Waals surface area contributed by atoms with Gasteiger partial charge in [-0.3, -0.25) is 14.4 Å². The molecule has 0 fully saturated rings. The second-order valence-electron chi connectivity index (χ2n) is 19.2. The van der Waals surface area contributed by atoms with Crippen LogP contribution in [0.25, 0.3) is 0 Å². The summed E-state index contributed by atoms with van der Waals surface area (Å²) in [5, 5.41) is 0. The molecule has 0 N–H and O–H groups in total. The molecule has 0 aromatic carbocycles. The molecular formula is C62H108O6. The molecule has 392 valence electrons. The first kappa shape index (κ1) is 64.8. The first-order chi connectivity index (χ1) is 33.5. The van der Waals surface area contributed by atoms with E-state index in [1.54, 1.807) is 0 Å². The minimum Gasteiger partial charge on any atom is -0.462 e. The average Bonchev–Trinajstić information content (AvgIpc) is 3.34. The van der Waals surface area contributed by atoms with E-state index in [0.29, 0.717) is 19.3 Å². The van der Waals surface area contributed by atoms with Gasteiger partial charge in [0.1, 0.15) is 13.2 Å². The van der Waals surface area contributed by atoms with Gasteiger partial charge >= 0.3 is 17.9 Å². The van der Waals surface area contributed by atoms with Crippen LogP contribution in [-0.4, -0.2) is 37.2 Å². The molecular weight excluding hydrogens is 841 g/mol. The van der Waals surface area contributed by atoms with Crippen molar-refractivity contribution in [3.8, 4) is 0 Å². The van der Waals surface area contributed by atoms with Crippen LogP contribution in [0.2, 0.25) is 0 Å². The summed E-state index contributed by atoms with van der Waals surface area (Å²) >= 11 is 0. The quantitative estimate of drug-likeness (QED) is 0.0262. The fourth-order valence-electron chi connectivity index (χ4n) is 8.15. The third-order valence-corrected chi connectivity index (χ3v) is 12.5. The van der Waals surface area contributed by atoms with Crippen LogP contribution in [0.4, 0.5) is 0 Å². The van der Waals surface area contributed by atoms with Gasteiger partial charge in [-0.1, -0.05) is 267 Å². The smallest absolute Gasteiger partial charge is 0.306 e. The minimum absolute atomic E-state index is 0.0707. The summed E-state index contributed by atoms with van der Waals surface area (Å²) < 4.78 is 16.7. The Morgan fingerprint density at radius 1 is 0.309 bits per heavy atom. The molecule has 0 spiro atoms. The van der Waals surface area contributed by atoms with Crippen molar-refractivity contribution < 1.29 is 28.6 Å². The molecule has 0 aliphatic rings. The monoisotopic (exact) mass is 949 g/mol. The Hall–Kier alpha value is -3.15. The van der Waals surface area contributed by atoms with Gasteiger partial charge in [-0.15, -0.1) is 0 Å². The van der Waals surface area contributed by atoms with Gasteiger partial charge in [0.2, 0.25) is 0 Å². The zero-order valence-electron chi connectivity index (χ0n) is 44.9. The highest BCUT2D eigenvalue weighted by Gasteiger charge is 2.19. The summed E-state index contributed by atoms with van der Waals surface area (Å²) in [6.45, 7) is 6.48. The highest BCUT2D eigenvalue weighted by molar-refractivity contribution is 5.71. The van der Waals surface area contributed by atoms with Gasteiger partial charge in [-0.2, -0.15) is 0 Å². The molecule has 6 nitrogen and oxygen atoms in total. The lowest BCUT2D eigenvalue weighted by atomic mass is 10.0. The van der Waals surface area contributed by atoms with Gasteiger partial charge in [-0.05, 0) is 70.6 Å². The van der Waals surface area contributed by atoms with E-state index in [-0.39, 0.29) is 31.1 Å². The maximum absolute atomic E-state index is 12.7. The van der Waals surface area contributed by atoms with Crippen LogP contribution in [-0.2, 0) is 28.6 Å². The Morgan fingerprint density at radius 3 is 0.897 bits per heavy atom. The predicted octanol–water partition coefficient (Wildman–Crippen LogP) is 19.4. The van der Waals surface area contributed by atoms with Crippen LogP contribution in [0.1, 0.15) is 284 Å². The lowest BCUT2D eigenvalue weighted by Gasteiger charge is -2.18. The number of hydrogen-bond acceptors (Lipinski definition) is 6. The van der Waals surface area contributed by atoms with Gasteiger partial charge in [0.15, 0.2) is 6.10 Å². The van der Waals surface area contributed by atoms with Crippen molar-refractivity contribution in [1.82, 2.24) is 0 Å². The van der Waals surface area contributed by atoms with Crippen LogP contribution in [0, 0.1) is 0 Å². The SMILES string of the molecule is CC/C=C\C/C=C\C/C=C\C/C=C\C/C=C\C/C=C\CCCCCCCCCCCCCCCCC(=O)OCC(COC(=O)CCCCCCCCC)OC(=O)CCCCCCCCCCCC. The summed E-state index contributed by atoms with van der Waals surface area (Å²) in [7, 11) is 0. The van der Waals surface area contributed by atoms with Crippen molar-refractivity contribution in [1.29, 1.82) is 0 Å². The number of unbranched alkanes of at least 4 members (excludes halogenated alkanes) is 29. The van der Waals surface area contributed by atoms with E-state index in [4.69, 9.17) is 14.2 Å². The van der Waals surface area contributed by atoms with Crippen molar-refractivity contribution >= 4 is 17.9 Å². The van der Waals surface area contributed by atoms with Crippen LogP contribution < -0.4 is 0 Å². The number of carbonyl (C=O) groups is 3. The molecule has 6 heteroatoms. The number of hydrogen-bond donors (Lipinski definition) is 0. The number of carbonyl (C=O) groups excluding carboxylic acids is 3. The second kappa shape index (κ2) is 56.4. The van der Waals surface area contributed by atoms with Crippen LogP contribution in [0.15, 0.2) is 72.9 Å². The summed E-state index contributed by atoms with van der Waals surface area (Å²) in [6, 6.07) is 0. The molecule has 0 aromatic rings. The molecule has 0 saturated carbocycles. The number of allylic oxidation sites excluding steroid dienone is 12. The Labute approximate surface area is 421 Å². The van der Waals surface area contributed by atoms with Gasteiger partial charge in [0, 0.05) is 19.3 Å². The van der Waals surface area contributed by atoms with Crippen molar-refractivity contribution in [2.45, 2.75) is 290 Å². The fourth-order valence-corrected chi connectivity index (χ4v) is 8.15. The highest BCUT2D eigenvalue weighted by Crippen LogP contribution is 2.16. The fraction of sp³-hybridized carbons (Fsp3) is 0.758. The van der Waals surface area contributed by atoms with E-state index >= 15 is 0 Å². The van der Waals surface area contributed by atoms with Gasteiger partial charge < -0.3 is 14.2 Å². The normalized spacial score (nSPS) is 12.6. The topological polar surface area (TPSA) is 78.9 Å². The van der Waals surface area contributed by atoms with Crippen molar-refractivity contribution in [3.05, 3.63) is 72.9 Å². The minimum atomic E-state index is -0.767. The highest BCUT2D eigenvalue weighted by atomic mass is 16.6. The van der Waals surface area contributed by atoms with Gasteiger partial charge in [0.25, 0.3) is 0 Å². The van der Waals surface area contributed by atoms with Crippen molar-refractivity contribution in [2.75, 3.05) is 13.2 Å². The van der Waals surface area contributed by atoms with E-state index in [1.807, 2.05) is 0 Å². The zero-order chi connectivity index (χ0) is 49.3. The number of ether oxygens (including phenoxy) is 3. The summed E-state index contributed by atoms with van der Waals surface area (Å²) in [4.78, 5) is 37.8. The molecule has 0 amide bonds. The lowest BCUT2D eigenvalue weighted by molar-refractivity contribution is -0.167. The Balaban J connectivity index is 3.97. The summed E-state index contributed by atoms with van der Waals surface area (Å²) in [5.41, 5.74) is 0. The molecule has 68 heavy (non-hydrogen) atoms. The van der Waals surface area contributed by atoms with Crippen molar-refractivity contribution in [2.24, 2.45) is 0 Å². The molecule has 0 rings (SSSR count). The molecule has 0 saturated heterocycles. The van der Waals surface area contributed by atoms with E-state index in [0.717, 1.165) is 96.3 Å². The Kier molecular flexibility index (Phi) is 53.8. The molecule has 0 aromatic heterocycles. The first-order valence-corrected chi connectivity index (χ1v) is 28.9. The number of rotatable bonds is 52. The molecule has 1 atom stereocenters. The maximum Gasteiger partial charge on any atom is 0.306 e. The molecule has 1 unspecified atom stereocenters. The molecule has 0 radical (unpaired) electrons. The van der Waals surface area contributed by atoms with Crippen LogP contribution in [0.5, 0.6) is 0 Å². The first-order valence-electron chi connectivity index (χ1n) is 28.9. The van der Waals surface area contributed by atoms with E-state index < -0.39 is 6.10 Å². The van der Waals surface area contributed by atoms with Gasteiger partial charge in [-0.25, -0.2) is 0 Å². The maximum atomic E-state index is 12.7.